The molecule has 3 rings (SSSR count). The molecule has 1 aliphatic heterocycles. The Labute approximate surface area is 129 Å². The minimum absolute atomic E-state index is 0.150. The first-order valence-electron chi connectivity index (χ1n) is 7.57. The summed E-state index contributed by atoms with van der Waals surface area (Å²) < 4.78 is 1.91. The van der Waals surface area contributed by atoms with Crippen molar-refractivity contribution in [3.63, 3.8) is 0 Å². The smallest absolute Gasteiger partial charge is 0.248 e. The van der Waals surface area contributed by atoms with Gasteiger partial charge in [-0.2, -0.15) is 4.98 Å². The van der Waals surface area contributed by atoms with Crippen LogP contribution in [-0.2, 0) is 24.3 Å². The maximum atomic E-state index is 11.1. The van der Waals surface area contributed by atoms with Crippen LogP contribution >= 0.6 is 0 Å². The molecule has 2 atom stereocenters. The van der Waals surface area contributed by atoms with Crippen LogP contribution in [0.3, 0.4) is 0 Å². The zero-order valence-corrected chi connectivity index (χ0v) is 12.9. The van der Waals surface area contributed by atoms with E-state index >= 15 is 0 Å². The molecule has 2 heterocycles. The van der Waals surface area contributed by atoms with Crippen molar-refractivity contribution in [1.82, 2.24) is 14.8 Å². The number of benzene rings is 1. The van der Waals surface area contributed by atoms with Gasteiger partial charge in [-0.25, -0.2) is 4.68 Å². The summed E-state index contributed by atoms with van der Waals surface area (Å²) in [6, 6.07) is 8.44. The summed E-state index contributed by atoms with van der Waals surface area (Å²) in [5.74, 6) is 2.03. The van der Waals surface area contributed by atoms with E-state index in [0.29, 0.717) is 24.3 Å². The lowest BCUT2D eigenvalue weighted by Gasteiger charge is -2.29. The molecule has 1 aromatic heterocycles. The number of amides is 1. The number of hydrogen-bond donors (Lipinski definition) is 2. The number of aromatic nitrogens is 3. The fourth-order valence-corrected chi connectivity index (χ4v) is 3.06. The van der Waals surface area contributed by atoms with Crippen LogP contribution in [0.4, 0.5) is 5.95 Å². The average Bonchev–Trinajstić information content (AvgIpc) is 2.86. The fourth-order valence-electron chi connectivity index (χ4n) is 3.06. The number of anilines is 1. The van der Waals surface area contributed by atoms with Crippen molar-refractivity contribution in [2.24, 2.45) is 11.7 Å². The van der Waals surface area contributed by atoms with Crippen LogP contribution < -0.4 is 11.1 Å². The van der Waals surface area contributed by atoms with Crippen LogP contribution in [0.25, 0.3) is 0 Å². The van der Waals surface area contributed by atoms with Gasteiger partial charge in [-0.1, -0.05) is 31.2 Å². The summed E-state index contributed by atoms with van der Waals surface area (Å²) in [5, 5.41) is 7.04. The molecule has 2 aromatic rings. The van der Waals surface area contributed by atoms with Gasteiger partial charge in [0.2, 0.25) is 11.9 Å². The second-order valence-electron chi connectivity index (χ2n) is 5.95. The van der Waals surface area contributed by atoms with Crippen LogP contribution in [0.2, 0.25) is 0 Å². The van der Waals surface area contributed by atoms with Gasteiger partial charge in [-0.3, -0.25) is 10.1 Å². The van der Waals surface area contributed by atoms with Crippen LogP contribution in [0.5, 0.6) is 0 Å². The molecule has 0 saturated carbocycles. The molecule has 22 heavy (non-hydrogen) atoms. The largest absolute Gasteiger partial charge is 0.326 e. The van der Waals surface area contributed by atoms with Gasteiger partial charge in [0.15, 0.2) is 0 Å². The van der Waals surface area contributed by atoms with Gasteiger partial charge in [0, 0.05) is 25.8 Å². The third-order valence-electron chi connectivity index (χ3n) is 4.21. The van der Waals surface area contributed by atoms with E-state index in [-0.39, 0.29) is 5.91 Å². The SMILES string of the molecule is CC(=O)Nc1nc2n(n1)CC(c1cccc(CN)c1)C(C)C2. The molecular weight excluding hydrogens is 278 g/mol. The molecule has 6 nitrogen and oxygen atoms in total. The number of carbonyl (C=O) groups is 1. The van der Waals surface area contributed by atoms with Crippen molar-refractivity contribution >= 4 is 11.9 Å². The van der Waals surface area contributed by atoms with Crippen LogP contribution in [0.1, 0.15) is 36.7 Å². The van der Waals surface area contributed by atoms with E-state index in [9.17, 15) is 4.79 Å². The molecule has 0 bridgehead atoms. The Balaban J connectivity index is 1.86. The standard InChI is InChI=1S/C16H21N5O/c1-10-6-15-19-16(18-11(2)22)20-21(15)9-14(10)13-5-3-4-12(7-13)8-17/h3-5,7,10,14H,6,8-9,17H2,1-2H3,(H,18,20,22). The van der Waals surface area contributed by atoms with Gasteiger partial charge in [-0.15, -0.1) is 5.10 Å². The van der Waals surface area contributed by atoms with Gasteiger partial charge in [0.05, 0.1) is 6.54 Å². The van der Waals surface area contributed by atoms with Crippen molar-refractivity contribution in [3.05, 3.63) is 41.2 Å². The molecular formula is C16H21N5O. The second kappa shape index (κ2) is 5.88. The predicted octanol–water partition coefficient (Wildman–Crippen LogP) is 1.67. The average molecular weight is 299 g/mol. The third kappa shape index (κ3) is 2.87. The Morgan fingerprint density at radius 2 is 2.32 bits per heavy atom. The molecule has 0 aliphatic carbocycles. The minimum Gasteiger partial charge on any atom is -0.326 e. The Bertz CT molecular complexity index is 694. The first-order chi connectivity index (χ1) is 10.6. The monoisotopic (exact) mass is 299 g/mol. The number of fused-ring (bicyclic) bond motifs is 1. The molecule has 6 heteroatoms. The van der Waals surface area contributed by atoms with Crippen molar-refractivity contribution < 1.29 is 4.79 Å². The normalized spacial score (nSPS) is 20.5. The van der Waals surface area contributed by atoms with E-state index in [4.69, 9.17) is 5.73 Å². The van der Waals surface area contributed by atoms with Crippen LogP contribution in [-0.4, -0.2) is 20.7 Å². The van der Waals surface area contributed by atoms with Crippen molar-refractivity contribution in [3.8, 4) is 0 Å². The highest BCUT2D eigenvalue weighted by Gasteiger charge is 2.29. The summed E-state index contributed by atoms with van der Waals surface area (Å²) in [4.78, 5) is 15.5. The van der Waals surface area contributed by atoms with Gasteiger partial charge < -0.3 is 5.73 Å². The zero-order valence-electron chi connectivity index (χ0n) is 12.9. The van der Waals surface area contributed by atoms with Crippen LogP contribution in [0, 0.1) is 5.92 Å². The number of carbonyl (C=O) groups excluding carboxylic acids is 1. The Hall–Kier alpha value is -2.21. The van der Waals surface area contributed by atoms with E-state index < -0.39 is 0 Å². The molecule has 0 spiro atoms. The molecule has 0 radical (unpaired) electrons. The van der Waals surface area contributed by atoms with Crippen molar-refractivity contribution in [1.29, 1.82) is 0 Å². The lowest BCUT2D eigenvalue weighted by Crippen LogP contribution is -2.27. The summed E-state index contributed by atoms with van der Waals surface area (Å²) >= 11 is 0. The molecule has 1 amide bonds. The van der Waals surface area contributed by atoms with E-state index in [1.807, 2.05) is 10.7 Å². The molecule has 0 saturated heterocycles. The second-order valence-corrected chi connectivity index (χ2v) is 5.95. The zero-order chi connectivity index (χ0) is 15.7. The summed E-state index contributed by atoms with van der Waals surface area (Å²) in [6.45, 7) is 5.02. The lowest BCUT2D eigenvalue weighted by molar-refractivity contribution is -0.114. The molecule has 1 aromatic carbocycles. The summed E-state index contributed by atoms with van der Waals surface area (Å²) in [7, 11) is 0. The van der Waals surface area contributed by atoms with Gasteiger partial charge in [0.25, 0.3) is 0 Å². The number of nitrogens with one attached hydrogen (secondary N) is 1. The quantitative estimate of drug-likeness (QED) is 0.902. The van der Waals surface area contributed by atoms with E-state index in [1.165, 1.54) is 12.5 Å². The van der Waals surface area contributed by atoms with Crippen molar-refractivity contribution in [2.45, 2.75) is 39.3 Å². The molecule has 0 fully saturated rings. The van der Waals surface area contributed by atoms with Gasteiger partial charge in [-0.05, 0) is 17.0 Å². The van der Waals surface area contributed by atoms with E-state index in [1.54, 1.807) is 0 Å². The van der Waals surface area contributed by atoms with Crippen LogP contribution in [0.15, 0.2) is 24.3 Å². The highest BCUT2D eigenvalue weighted by Crippen LogP contribution is 2.33. The number of hydrogen-bond acceptors (Lipinski definition) is 4. The summed E-state index contributed by atoms with van der Waals surface area (Å²) in [5.41, 5.74) is 8.18. The maximum Gasteiger partial charge on any atom is 0.248 e. The predicted molar refractivity (Wildman–Crippen MR) is 84.3 cm³/mol. The maximum absolute atomic E-state index is 11.1. The van der Waals surface area contributed by atoms with Gasteiger partial charge >= 0.3 is 0 Å². The Morgan fingerprint density at radius 3 is 3.05 bits per heavy atom. The highest BCUT2D eigenvalue weighted by atomic mass is 16.1. The minimum atomic E-state index is -0.150. The fraction of sp³-hybridized carbons (Fsp3) is 0.438. The summed E-state index contributed by atoms with van der Waals surface area (Å²) in [6.07, 6.45) is 0.851. The topological polar surface area (TPSA) is 85.8 Å². The Morgan fingerprint density at radius 1 is 1.50 bits per heavy atom. The van der Waals surface area contributed by atoms with E-state index in [2.05, 4.69) is 40.5 Å². The van der Waals surface area contributed by atoms with Crippen molar-refractivity contribution in [2.75, 3.05) is 5.32 Å². The molecule has 2 unspecified atom stereocenters. The molecule has 116 valence electrons. The Kier molecular flexibility index (Phi) is 3.94. The third-order valence-corrected chi connectivity index (χ3v) is 4.21. The molecule has 1 aliphatic rings. The van der Waals surface area contributed by atoms with Gasteiger partial charge in [0.1, 0.15) is 5.82 Å². The lowest BCUT2D eigenvalue weighted by atomic mass is 9.82. The first kappa shape index (κ1) is 14.7. The highest BCUT2D eigenvalue weighted by molar-refractivity contribution is 5.86. The number of nitrogens with zero attached hydrogens (tertiary/aromatic N) is 3. The number of nitrogens with two attached hydrogens (primary N) is 1. The van der Waals surface area contributed by atoms with E-state index in [0.717, 1.165) is 24.4 Å². The first-order valence-corrected chi connectivity index (χ1v) is 7.57. The molecule has 3 N–H and O–H groups in total. The number of rotatable bonds is 3.